The molecule has 2 amide bonds. The van der Waals surface area contributed by atoms with Gasteiger partial charge in [0.1, 0.15) is 11.5 Å². The van der Waals surface area contributed by atoms with E-state index < -0.39 is 11.5 Å². The van der Waals surface area contributed by atoms with E-state index in [1.807, 2.05) is 12.1 Å². The zero-order valence-electron chi connectivity index (χ0n) is 16.5. The first kappa shape index (κ1) is 22.2. The Hall–Kier alpha value is -2.46. The summed E-state index contributed by atoms with van der Waals surface area (Å²) in [6.07, 6.45) is 0.521. The predicted octanol–water partition coefficient (Wildman–Crippen LogP) is 2.15. The van der Waals surface area contributed by atoms with Gasteiger partial charge in [0, 0.05) is 16.8 Å². The number of halogens is 1. The zero-order chi connectivity index (χ0) is 21.5. The lowest BCUT2D eigenvalue weighted by atomic mass is 10.1. The van der Waals surface area contributed by atoms with E-state index in [9.17, 15) is 9.59 Å². The number of thioether (sulfide) groups is 1. The Labute approximate surface area is 184 Å². The molecule has 0 spiro atoms. The molecule has 1 aliphatic heterocycles. The first-order chi connectivity index (χ1) is 14.5. The summed E-state index contributed by atoms with van der Waals surface area (Å²) < 4.78 is 10.4. The van der Waals surface area contributed by atoms with Crippen LogP contribution in [0.5, 0.6) is 11.5 Å². The van der Waals surface area contributed by atoms with Crippen molar-refractivity contribution in [3.8, 4) is 11.5 Å². The number of benzene rings is 2. The maximum atomic E-state index is 12.4. The third-order valence-corrected chi connectivity index (χ3v) is 5.63. The van der Waals surface area contributed by atoms with Crippen molar-refractivity contribution in [2.24, 2.45) is 0 Å². The summed E-state index contributed by atoms with van der Waals surface area (Å²) in [6.45, 7) is 0. The standard InChI is InChI=1S/C20H23ClN4O4S/c1-28-16-8-7-14(10-17(16)29-2)22-18(26)11-30-20-23-19(27)15(24-25-20)9-12-3-5-13(21)6-4-12/h3-8,10,15,20,24-25H,9,11H2,1-2H3,(H,22,26)(H,23,27). The molecule has 4 N–H and O–H groups in total. The lowest BCUT2D eigenvalue weighted by Gasteiger charge is -2.31. The van der Waals surface area contributed by atoms with Gasteiger partial charge in [-0.3, -0.25) is 9.59 Å². The second kappa shape index (κ2) is 10.5. The Morgan fingerprint density at radius 2 is 1.83 bits per heavy atom. The highest BCUT2D eigenvalue weighted by Crippen LogP contribution is 2.29. The number of nitrogens with one attached hydrogen (secondary N) is 4. The van der Waals surface area contributed by atoms with E-state index in [4.69, 9.17) is 21.1 Å². The Bertz CT molecular complexity index is 897. The number of hydrogen-bond acceptors (Lipinski definition) is 7. The molecule has 0 aromatic heterocycles. The van der Waals surface area contributed by atoms with Crippen LogP contribution in [0.25, 0.3) is 0 Å². The molecular weight excluding hydrogens is 428 g/mol. The van der Waals surface area contributed by atoms with E-state index in [1.54, 1.807) is 37.4 Å². The summed E-state index contributed by atoms with van der Waals surface area (Å²) in [4.78, 5) is 24.6. The molecule has 2 atom stereocenters. The maximum Gasteiger partial charge on any atom is 0.240 e. The number of carbonyl (C=O) groups excluding carboxylic acids is 2. The van der Waals surface area contributed by atoms with Gasteiger partial charge < -0.3 is 20.1 Å². The largest absolute Gasteiger partial charge is 0.493 e. The Morgan fingerprint density at radius 1 is 1.10 bits per heavy atom. The Kier molecular flexibility index (Phi) is 7.81. The molecule has 2 aromatic rings. The van der Waals surface area contributed by atoms with Crippen LogP contribution in [0.3, 0.4) is 0 Å². The van der Waals surface area contributed by atoms with Crippen molar-refractivity contribution < 1.29 is 19.1 Å². The molecule has 1 fully saturated rings. The third kappa shape index (κ3) is 6.02. The van der Waals surface area contributed by atoms with Crippen molar-refractivity contribution in [3.63, 3.8) is 0 Å². The third-order valence-electron chi connectivity index (χ3n) is 4.38. The lowest BCUT2D eigenvalue weighted by molar-refractivity contribution is -0.125. The van der Waals surface area contributed by atoms with Crippen molar-refractivity contribution >= 4 is 40.9 Å². The van der Waals surface area contributed by atoms with Crippen LogP contribution < -0.4 is 31.0 Å². The van der Waals surface area contributed by atoms with E-state index in [-0.39, 0.29) is 17.6 Å². The van der Waals surface area contributed by atoms with Crippen LogP contribution >= 0.6 is 23.4 Å². The van der Waals surface area contributed by atoms with Gasteiger partial charge in [-0.25, -0.2) is 10.9 Å². The molecule has 30 heavy (non-hydrogen) atoms. The Morgan fingerprint density at radius 3 is 2.50 bits per heavy atom. The molecule has 1 aliphatic rings. The van der Waals surface area contributed by atoms with Gasteiger partial charge in [-0.1, -0.05) is 23.7 Å². The minimum atomic E-state index is -0.421. The number of ether oxygens (including phenoxy) is 2. The second-order valence-corrected chi connectivity index (χ2v) is 8.02. The topological polar surface area (TPSA) is 101 Å². The molecule has 2 aromatic carbocycles. The maximum absolute atomic E-state index is 12.4. The number of amides is 2. The monoisotopic (exact) mass is 450 g/mol. The average Bonchev–Trinajstić information content (AvgIpc) is 2.75. The van der Waals surface area contributed by atoms with Gasteiger partial charge in [-0.2, -0.15) is 0 Å². The van der Waals surface area contributed by atoms with Crippen LogP contribution in [0.15, 0.2) is 42.5 Å². The number of hydrogen-bond donors (Lipinski definition) is 4. The van der Waals surface area contributed by atoms with E-state index >= 15 is 0 Å². The normalized spacial score (nSPS) is 18.4. The molecule has 160 valence electrons. The molecule has 3 rings (SSSR count). The van der Waals surface area contributed by atoms with Crippen molar-refractivity contribution in [1.82, 2.24) is 16.2 Å². The number of carbonyl (C=O) groups is 2. The highest BCUT2D eigenvalue weighted by atomic mass is 35.5. The summed E-state index contributed by atoms with van der Waals surface area (Å²) in [6, 6.07) is 12.1. The number of rotatable bonds is 8. The Balaban J connectivity index is 1.45. The number of methoxy groups -OCH3 is 2. The van der Waals surface area contributed by atoms with Gasteiger partial charge >= 0.3 is 0 Å². The van der Waals surface area contributed by atoms with Crippen LogP contribution in [0, 0.1) is 0 Å². The van der Waals surface area contributed by atoms with Gasteiger partial charge in [0.15, 0.2) is 11.5 Å². The SMILES string of the molecule is COc1ccc(NC(=O)CSC2NNC(Cc3ccc(Cl)cc3)C(=O)N2)cc1OC. The molecule has 0 saturated carbocycles. The molecule has 1 saturated heterocycles. The van der Waals surface area contributed by atoms with Crippen LogP contribution in [-0.4, -0.2) is 43.3 Å². The minimum Gasteiger partial charge on any atom is -0.493 e. The number of anilines is 1. The summed E-state index contributed by atoms with van der Waals surface area (Å²) in [5.41, 5.74) is 7.20. The van der Waals surface area contributed by atoms with Gasteiger partial charge in [-0.15, -0.1) is 11.8 Å². The van der Waals surface area contributed by atoms with E-state index in [0.717, 1.165) is 5.56 Å². The van der Waals surface area contributed by atoms with Crippen LogP contribution in [-0.2, 0) is 16.0 Å². The van der Waals surface area contributed by atoms with Crippen molar-refractivity contribution in [3.05, 3.63) is 53.1 Å². The summed E-state index contributed by atoms with van der Waals surface area (Å²) in [5, 5.41) is 6.31. The fraction of sp³-hybridized carbons (Fsp3) is 0.300. The summed E-state index contributed by atoms with van der Waals surface area (Å²) in [5.74, 6) is 0.918. The fourth-order valence-electron chi connectivity index (χ4n) is 2.86. The molecule has 0 radical (unpaired) electrons. The lowest BCUT2D eigenvalue weighted by Crippen LogP contribution is -2.64. The van der Waals surface area contributed by atoms with E-state index in [0.29, 0.717) is 28.6 Å². The fourth-order valence-corrected chi connectivity index (χ4v) is 3.73. The first-order valence-corrected chi connectivity index (χ1v) is 10.6. The second-order valence-electron chi connectivity index (χ2n) is 6.49. The van der Waals surface area contributed by atoms with E-state index in [1.165, 1.54) is 18.9 Å². The minimum absolute atomic E-state index is 0.138. The van der Waals surface area contributed by atoms with Gasteiger partial charge in [0.25, 0.3) is 0 Å². The molecule has 0 bridgehead atoms. The first-order valence-electron chi connectivity index (χ1n) is 9.18. The molecule has 10 heteroatoms. The summed E-state index contributed by atoms with van der Waals surface area (Å²) in [7, 11) is 3.08. The van der Waals surface area contributed by atoms with Crippen molar-refractivity contribution in [1.29, 1.82) is 0 Å². The highest BCUT2D eigenvalue weighted by molar-refractivity contribution is 8.00. The predicted molar refractivity (Wildman–Crippen MR) is 118 cm³/mol. The average molecular weight is 451 g/mol. The zero-order valence-corrected chi connectivity index (χ0v) is 18.1. The van der Waals surface area contributed by atoms with Crippen LogP contribution in [0.2, 0.25) is 5.02 Å². The van der Waals surface area contributed by atoms with Crippen molar-refractivity contribution in [2.45, 2.75) is 18.0 Å². The molecular formula is C20H23ClN4O4S. The molecule has 1 heterocycles. The van der Waals surface area contributed by atoms with Gasteiger partial charge in [0.05, 0.1) is 20.0 Å². The van der Waals surface area contributed by atoms with Crippen LogP contribution in [0.1, 0.15) is 5.56 Å². The summed E-state index contributed by atoms with van der Waals surface area (Å²) >= 11 is 7.15. The van der Waals surface area contributed by atoms with Gasteiger partial charge in [-0.05, 0) is 36.2 Å². The highest BCUT2D eigenvalue weighted by Gasteiger charge is 2.27. The smallest absolute Gasteiger partial charge is 0.240 e. The van der Waals surface area contributed by atoms with Crippen LogP contribution in [0.4, 0.5) is 5.69 Å². The van der Waals surface area contributed by atoms with Crippen molar-refractivity contribution in [2.75, 3.05) is 25.3 Å². The van der Waals surface area contributed by atoms with Gasteiger partial charge in [0.2, 0.25) is 11.8 Å². The number of hydrazine groups is 1. The van der Waals surface area contributed by atoms with E-state index in [2.05, 4.69) is 21.5 Å². The molecule has 8 nitrogen and oxygen atoms in total. The quantitative estimate of drug-likeness (QED) is 0.489. The molecule has 0 aliphatic carbocycles. The molecule has 2 unspecified atom stereocenters.